The number of amides is 2. The lowest BCUT2D eigenvalue weighted by Gasteiger charge is -2.14. The van der Waals surface area contributed by atoms with E-state index in [1.807, 2.05) is 61.5 Å². The van der Waals surface area contributed by atoms with Gasteiger partial charge in [-0.25, -0.2) is 4.98 Å². The minimum atomic E-state index is -0.253. The smallest absolute Gasteiger partial charge is 0.256 e. The SMILES string of the molecule is CNC(=O)c1cccc(NC(=O)c2cc(-c3cccc4ccccc34)nc3ccccc23)c1C. The number of carbonyl (C=O) groups is 2. The molecular weight excluding hydrogens is 422 g/mol. The number of carbonyl (C=O) groups excluding carboxylic acids is 2. The van der Waals surface area contributed by atoms with Gasteiger partial charge < -0.3 is 10.6 Å². The van der Waals surface area contributed by atoms with Crippen LogP contribution in [0.5, 0.6) is 0 Å². The van der Waals surface area contributed by atoms with Crippen LogP contribution in [0, 0.1) is 6.92 Å². The predicted molar refractivity (Wildman–Crippen MR) is 137 cm³/mol. The number of benzene rings is 4. The number of para-hydroxylation sites is 1. The van der Waals surface area contributed by atoms with Crippen molar-refractivity contribution in [2.75, 3.05) is 12.4 Å². The number of aromatic nitrogens is 1. The second-order valence-electron chi connectivity index (χ2n) is 8.11. The summed E-state index contributed by atoms with van der Waals surface area (Å²) in [6.45, 7) is 1.83. The number of anilines is 1. The molecule has 4 aromatic carbocycles. The van der Waals surface area contributed by atoms with Gasteiger partial charge >= 0.3 is 0 Å². The van der Waals surface area contributed by atoms with Gasteiger partial charge in [-0.05, 0) is 47.5 Å². The van der Waals surface area contributed by atoms with Crippen molar-refractivity contribution in [1.82, 2.24) is 10.3 Å². The van der Waals surface area contributed by atoms with E-state index in [9.17, 15) is 9.59 Å². The standard InChI is InChI=1S/C29H23N3O2/c1-18-20(28(33)30-2)13-8-16-25(18)32-29(34)24-17-27(31-26-15-6-5-12-23(24)26)22-14-7-10-19-9-3-4-11-21(19)22/h3-17H,1-2H3,(H,30,33)(H,32,34). The average Bonchev–Trinajstić information content (AvgIpc) is 2.88. The van der Waals surface area contributed by atoms with Gasteiger partial charge in [-0.15, -0.1) is 0 Å². The van der Waals surface area contributed by atoms with Gasteiger partial charge in [-0.3, -0.25) is 9.59 Å². The Kier molecular flexibility index (Phi) is 5.52. The van der Waals surface area contributed by atoms with Gasteiger partial charge in [0, 0.05) is 29.2 Å². The topological polar surface area (TPSA) is 71.1 Å². The lowest BCUT2D eigenvalue weighted by molar-refractivity contribution is 0.0960. The summed E-state index contributed by atoms with van der Waals surface area (Å²) in [6, 6.07) is 29.0. The Labute approximate surface area is 197 Å². The first-order valence-electron chi connectivity index (χ1n) is 11.1. The molecule has 5 nitrogen and oxygen atoms in total. The monoisotopic (exact) mass is 445 g/mol. The summed E-state index contributed by atoms with van der Waals surface area (Å²) in [5.74, 6) is -0.446. The zero-order valence-corrected chi connectivity index (χ0v) is 18.9. The maximum Gasteiger partial charge on any atom is 0.256 e. The zero-order chi connectivity index (χ0) is 23.7. The molecule has 166 valence electrons. The van der Waals surface area contributed by atoms with Gasteiger partial charge in [0.1, 0.15) is 0 Å². The molecule has 0 aliphatic carbocycles. The van der Waals surface area contributed by atoms with Gasteiger partial charge in [0.05, 0.1) is 16.8 Å². The number of hydrogen-bond donors (Lipinski definition) is 2. The number of fused-ring (bicyclic) bond motifs is 2. The molecule has 0 aliphatic rings. The number of nitrogens with one attached hydrogen (secondary N) is 2. The summed E-state index contributed by atoms with van der Waals surface area (Å²) in [4.78, 5) is 30.6. The molecule has 0 saturated heterocycles. The molecular formula is C29H23N3O2. The van der Waals surface area contributed by atoms with Crippen LogP contribution in [0.15, 0.2) is 91.0 Å². The van der Waals surface area contributed by atoms with Crippen molar-refractivity contribution in [2.24, 2.45) is 0 Å². The van der Waals surface area contributed by atoms with Crippen molar-refractivity contribution >= 4 is 39.2 Å². The number of nitrogens with zero attached hydrogens (tertiary/aromatic N) is 1. The van der Waals surface area contributed by atoms with Crippen molar-refractivity contribution < 1.29 is 9.59 Å². The molecule has 1 aromatic heterocycles. The normalized spacial score (nSPS) is 10.9. The van der Waals surface area contributed by atoms with Gasteiger partial charge in [-0.1, -0.05) is 66.7 Å². The highest BCUT2D eigenvalue weighted by atomic mass is 16.2. The van der Waals surface area contributed by atoms with Crippen LogP contribution >= 0.6 is 0 Å². The lowest BCUT2D eigenvalue weighted by atomic mass is 9.98. The molecule has 5 aromatic rings. The first kappa shape index (κ1) is 21.3. The van der Waals surface area contributed by atoms with Crippen molar-refractivity contribution in [2.45, 2.75) is 6.92 Å². The maximum absolute atomic E-state index is 13.5. The van der Waals surface area contributed by atoms with Crippen LogP contribution in [-0.2, 0) is 0 Å². The van der Waals surface area contributed by atoms with Crippen LogP contribution in [0.25, 0.3) is 32.9 Å². The Balaban J connectivity index is 1.63. The molecule has 0 saturated carbocycles. The first-order valence-corrected chi connectivity index (χ1v) is 11.1. The van der Waals surface area contributed by atoms with E-state index >= 15 is 0 Å². The van der Waals surface area contributed by atoms with E-state index in [4.69, 9.17) is 4.98 Å². The Morgan fingerprint density at radius 3 is 2.26 bits per heavy atom. The molecule has 5 heteroatoms. The molecule has 5 rings (SSSR count). The van der Waals surface area contributed by atoms with Crippen LogP contribution in [0.3, 0.4) is 0 Å². The fourth-order valence-corrected chi connectivity index (χ4v) is 4.29. The lowest BCUT2D eigenvalue weighted by Crippen LogP contribution is -2.20. The van der Waals surface area contributed by atoms with Gasteiger partial charge in [-0.2, -0.15) is 0 Å². The molecule has 1 heterocycles. The minimum absolute atomic E-state index is 0.193. The van der Waals surface area contributed by atoms with Gasteiger partial charge in [0.2, 0.25) is 0 Å². The molecule has 0 atom stereocenters. The Bertz CT molecular complexity index is 1570. The van der Waals surface area contributed by atoms with Gasteiger partial charge in [0.15, 0.2) is 0 Å². The Hall–Kier alpha value is -4.51. The summed E-state index contributed by atoms with van der Waals surface area (Å²) in [5.41, 5.74) is 4.80. The van der Waals surface area contributed by atoms with E-state index < -0.39 is 0 Å². The fraction of sp³-hybridized carbons (Fsp3) is 0.0690. The zero-order valence-electron chi connectivity index (χ0n) is 18.9. The summed E-state index contributed by atoms with van der Waals surface area (Å²) >= 11 is 0. The molecule has 0 fully saturated rings. The second-order valence-corrected chi connectivity index (χ2v) is 8.11. The van der Waals surface area contributed by atoms with Crippen LogP contribution in [0.1, 0.15) is 26.3 Å². The van der Waals surface area contributed by atoms with E-state index in [1.54, 1.807) is 25.2 Å². The van der Waals surface area contributed by atoms with Crippen LogP contribution in [-0.4, -0.2) is 23.8 Å². The predicted octanol–water partition coefficient (Wildman–Crippen LogP) is 5.98. The molecule has 0 spiro atoms. The van der Waals surface area contributed by atoms with Crippen molar-refractivity contribution in [1.29, 1.82) is 0 Å². The summed E-state index contributed by atoms with van der Waals surface area (Å²) in [5, 5.41) is 8.60. The van der Waals surface area contributed by atoms with E-state index in [1.165, 1.54) is 0 Å². The van der Waals surface area contributed by atoms with Crippen molar-refractivity contribution in [3.63, 3.8) is 0 Å². The average molecular weight is 446 g/mol. The molecule has 0 aliphatic heterocycles. The number of rotatable bonds is 4. The maximum atomic E-state index is 13.5. The quantitative estimate of drug-likeness (QED) is 0.358. The largest absolute Gasteiger partial charge is 0.355 e. The van der Waals surface area contributed by atoms with E-state index in [0.717, 1.165) is 32.9 Å². The molecule has 0 bridgehead atoms. The Morgan fingerprint density at radius 2 is 1.44 bits per heavy atom. The van der Waals surface area contributed by atoms with E-state index in [-0.39, 0.29) is 11.8 Å². The van der Waals surface area contributed by atoms with Crippen LogP contribution < -0.4 is 10.6 Å². The van der Waals surface area contributed by atoms with Gasteiger partial charge in [0.25, 0.3) is 11.8 Å². The fourth-order valence-electron chi connectivity index (χ4n) is 4.29. The highest BCUT2D eigenvalue weighted by molar-refractivity contribution is 6.14. The summed E-state index contributed by atoms with van der Waals surface area (Å²) in [6.07, 6.45) is 0. The summed E-state index contributed by atoms with van der Waals surface area (Å²) in [7, 11) is 1.59. The first-order chi connectivity index (χ1) is 16.6. The van der Waals surface area contributed by atoms with Crippen LogP contribution in [0.2, 0.25) is 0 Å². The third-order valence-electron chi connectivity index (χ3n) is 6.08. The third-order valence-corrected chi connectivity index (χ3v) is 6.08. The molecule has 2 amide bonds. The number of hydrogen-bond acceptors (Lipinski definition) is 3. The third kappa shape index (κ3) is 3.77. The van der Waals surface area contributed by atoms with E-state index in [2.05, 4.69) is 28.8 Å². The van der Waals surface area contributed by atoms with Crippen molar-refractivity contribution in [3.05, 3.63) is 108 Å². The highest BCUT2D eigenvalue weighted by Crippen LogP contribution is 2.31. The van der Waals surface area contributed by atoms with Crippen LogP contribution in [0.4, 0.5) is 5.69 Å². The Morgan fingerprint density at radius 1 is 0.735 bits per heavy atom. The minimum Gasteiger partial charge on any atom is -0.355 e. The van der Waals surface area contributed by atoms with E-state index in [0.29, 0.717) is 22.4 Å². The molecule has 34 heavy (non-hydrogen) atoms. The van der Waals surface area contributed by atoms with Crippen molar-refractivity contribution in [3.8, 4) is 11.3 Å². The molecule has 2 N–H and O–H groups in total. The summed E-state index contributed by atoms with van der Waals surface area (Å²) < 4.78 is 0. The molecule has 0 unspecified atom stereocenters. The second kappa shape index (κ2) is 8.79. The highest BCUT2D eigenvalue weighted by Gasteiger charge is 2.17. The number of pyridine rings is 1. The molecule has 0 radical (unpaired) electrons.